The molecule has 4 nitrogen and oxygen atoms in total. The van der Waals surface area contributed by atoms with Gasteiger partial charge >= 0.3 is 0 Å². The van der Waals surface area contributed by atoms with Crippen molar-refractivity contribution in [2.24, 2.45) is 0 Å². The Hall–Kier alpha value is -1.46. The summed E-state index contributed by atoms with van der Waals surface area (Å²) in [5.41, 5.74) is 2.19. The van der Waals surface area contributed by atoms with Crippen molar-refractivity contribution < 1.29 is 9.47 Å². The first kappa shape index (κ1) is 20.6. The predicted molar refractivity (Wildman–Crippen MR) is 102 cm³/mol. The zero-order valence-corrected chi connectivity index (χ0v) is 16.7. The molecule has 0 aliphatic heterocycles. The minimum absolute atomic E-state index is 0.431. The molecule has 132 valence electrons. The lowest BCUT2D eigenvalue weighted by Crippen LogP contribution is -2.06. The molecule has 0 aromatic carbocycles. The molecule has 5 heteroatoms. The predicted octanol–water partition coefficient (Wildman–Crippen LogP) is 5.20. The molecule has 0 unspecified atom stereocenters. The van der Waals surface area contributed by atoms with E-state index in [4.69, 9.17) is 9.47 Å². The fraction of sp³-hybridized carbons (Fsp3) is 0.474. The molecular formula is C19H27BrN2O2. The molecule has 0 radical (unpaired) electrons. The highest BCUT2D eigenvalue weighted by Gasteiger charge is 2.02. The maximum Gasteiger partial charge on any atom is 0.213 e. The molecule has 0 amide bonds. The Kier molecular flexibility index (Phi) is 9.57. The molecule has 2 rings (SSSR count). The highest BCUT2D eigenvalue weighted by molar-refractivity contribution is 9.10. The minimum atomic E-state index is 0.431. The van der Waals surface area contributed by atoms with Gasteiger partial charge in [0, 0.05) is 24.6 Å². The van der Waals surface area contributed by atoms with Crippen LogP contribution >= 0.6 is 15.9 Å². The molecule has 0 aliphatic carbocycles. The van der Waals surface area contributed by atoms with Crippen LogP contribution in [0, 0.1) is 0 Å². The van der Waals surface area contributed by atoms with Crippen molar-refractivity contribution in [2.45, 2.75) is 39.5 Å². The van der Waals surface area contributed by atoms with Crippen LogP contribution in [0.25, 0.3) is 0 Å². The van der Waals surface area contributed by atoms with Crippen molar-refractivity contribution >= 4 is 15.9 Å². The van der Waals surface area contributed by atoms with Crippen LogP contribution in [-0.2, 0) is 4.74 Å². The molecule has 2 heterocycles. The first-order chi connectivity index (χ1) is 11.4. The van der Waals surface area contributed by atoms with E-state index in [1.165, 1.54) is 0 Å². The Labute approximate surface area is 153 Å². The minimum Gasteiger partial charge on any atom is -0.475 e. The second-order valence-electron chi connectivity index (χ2n) is 5.94. The summed E-state index contributed by atoms with van der Waals surface area (Å²) in [5.74, 6) is 1.62. The van der Waals surface area contributed by atoms with Gasteiger partial charge in [-0.25, -0.2) is 9.97 Å². The highest BCUT2D eigenvalue weighted by Crippen LogP contribution is 2.15. The number of aromatic nitrogens is 2. The van der Waals surface area contributed by atoms with Gasteiger partial charge in [-0.3, -0.25) is 0 Å². The van der Waals surface area contributed by atoms with Gasteiger partial charge in [0.2, 0.25) is 5.88 Å². The van der Waals surface area contributed by atoms with Gasteiger partial charge in [-0.05, 0) is 46.0 Å². The van der Waals surface area contributed by atoms with E-state index in [2.05, 4.69) is 53.6 Å². The normalized spacial score (nSPS) is 10.5. The van der Waals surface area contributed by atoms with Crippen molar-refractivity contribution in [2.75, 3.05) is 20.3 Å². The van der Waals surface area contributed by atoms with E-state index in [1.54, 1.807) is 7.11 Å². The summed E-state index contributed by atoms with van der Waals surface area (Å²) in [5, 5.41) is 0. The van der Waals surface area contributed by atoms with Gasteiger partial charge in [-0.15, -0.1) is 0 Å². The Morgan fingerprint density at radius 1 is 0.875 bits per heavy atom. The van der Waals surface area contributed by atoms with Gasteiger partial charge in [0.1, 0.15) is 11.2 Å². The third-order valence-corrected chi connectivity index (χ3v) is 3.64. The quantitative estimate of drug-likeness (QED) is 0.498. The van der Waals surface area contributed by atoms with Crippen LogP contribution < -0.4 is 4.74 Å². The van der Waals surface area contributed by atoms with Gasteiger partial charge < -0.3 is 9.47 Å². The molecule has 0 bridgehead atoms. The number of rotatable bonds is 6. The van der Waals surface area contributed by atoms with Crippen LogP contribution in [0.3, 0.4) is 0 Å². The smallest absolute Gasteiger partial charge is 0.213 e. The zero-order chi connectivity index (χ0) is 17.9. The number of hydrogen-bond donors (Lipinski definition) is 0. The van der Waals surface area contributed by atoms with Gasteiger partial charge in [0.05, 0.1) is 6.61 Å². The Balaban J connectivity index is 0.000000254. The standard InChI is InChI=1S/C11H17NO2.C8H10BrN/c1-9(2)10-5-4-6-11(12-10)14-8-7-13-3;1-6(2)7-4-3-5-8(9)10-7/h4-6,9H,7-8H2,1-3H3;3-6H,1-2H3. The summed E-state index contributed by atoms with van der Waals surface area (Å²) >= 11 is 3.32. The summed E-state index contributed by atoms with van der Waals surface area (Å²) in [6, 6.07) is 11.8. The molecule has 0 aliphatic rings. The van der Waals surface area contributed by atoms with Gasteiger partial charge in [0.15, 0.2) is 0 Å². The van der Waals surface area contributed by atoms with Crippen molar-refractivity contribution in [3.05, 3.63) is 52.4 Å². The molecule has 0 fully saturated rings. The second-order valence-corrected chi connectivity index (χ2v) is 6.75. The number of methoxy groups -OCH3 is 1. The van der Waals surface area contributed by atoms with Crippen molar-refractivity contribution in [3.8, 4) is 5.88 Å². The van der Waals surface area contributed by atoms with E-state index in [0.29, 0.717) is 30.9 Å². The lowest BCUT2D eigenvalue weighted by Gasteiger charge is -2.08. The van der Waals surface area contributed by atoms with Crippen LogP contribution in [0.2, 0.25) is 0 Å². The highest BCUT2D eigenvalue weighted by atomic mass is 79.9. The van der Waals surface area contributed by atoms with Gasteiger partial charge in [-0.1, -0.05) is 39.8 Å². The van der Waals surface area contributed by atoms with Gasteiger partial charge in [0.25, 0.3) is 0 Å². The Morgan fingerprint density at radius 3 is 1.96 bits per heavy atom. The summed E-state index contributed by atoms with van der Waals surface area (Å²) in [6.45, 7) is 9.63. The maximum atomic E-state index is 5.40. The molecule has 0 atom stereocenters. The van der Waals surface area contributed by atoms with Crippen molar-refractivity contribution in [1.82, 2.24) is 9.97 Å². The van der Waals surface area contributed by atoms with E-state index in [1.807, 2.05) is 36.4 Å². The van der Waals surface area contributed by atoms with Crippen LogP contribution in [-0.4, -0.2) is 30.3 Å². The molecule has 0 saturated heterocycles. The lowest BCUT2D eigenvalue weighted by molar-refractivity contribution is 0.143. The topological polar surface area (TPSA) is 44.2 Å². The second kappa shape index (κ2) is 11.2. The summed E-state index contributed by atoms with van der Waals surface area (Å²) < 4.78 is 11.2. The first-order valence-electron chi connectivity index (χ1n) is 8.15. The summed E-state index contributed by atoms with van der Waals surface area (Å²) in [7, 11) is 1.65. The van der Waals surface area contributed by atoms with Crippen LogP contribution in [0.15, 0.2) is 41.0 Å². The van der Waals surface area contributed by atoms with E-state index in [9.17, 15) is 0 Å². The molecule has 2 aromatic rings. The fourth-order valence-electron chi connectivity index (χ4n) is 1.81. The fourth-order valence-corrected chi connectivity index (χ4v) is 2.17. The van der Waals surface area contributed by atoms with E-state index in [-0.39, 0.29) is 0 Å². The van der Waals surface area contributed by atoms with Crippen molar-refractivity contribution in [3.63, 3.8) is 0 Å². The maximum absolute atomic E-state index is 5.40. The summed E-state index contributed by atoms with van der Waals surface area (Å²) in [4.78, 5) is 8.66. The Morgan fingerprint density at radius 2 is 1.46 bits per heavy atom. The number of pyridine rings is 2. The van der Waals surface area contributed by atoms with E-state index >= 15 is 0 Å². The number of ether oxygens (including phenoxy) is 2. The Bertz CT molecular complexity index is 603. The molecule has 0 spiro atoms. The largest absolute Gasteiger partial charge is 0.475 e. The average Bonchev–Trinajstić information content (AvgIpc) is 2.56. The van der Waals surface area contributed by atoms with E-state index < -0.39 is 0 Å². The third kappa shape index (κ3) is 7.88. The third-order valence-electron chi connectivity index (χ3n) is 3.20. The zero-order valence-electron chi connectivity index (χ0n) is 15.1. The number of hydrogen-bond acceptors (Lipinski definition) is 4. The molecule has 0 N–H and O–H groups in total. The van der Waals surface area contributed by atoms with Gasteiger partial charge in [-0.2, -0.15) is 0 Å². The summed E-state index contributed by atoms with van der Waals surface area (Å²) in [6.07, 6.45) is 0. The SMILES string of the molecule is CC(C)c1cccc(Br)n1.COCCOc1cccc(C(C)C)n1. The van der Waals surface area contributed by atoms with Crippen LogP contribution in [0.5, 0.6) is 5.88 Å². The first-order valence-corrected chi connectivity index (χ1v) is 8.94. The van der Waals surface area contributed by atoms with Crippen LogP contribution in [0.1, 0.15) is 50.9 Å². The lowest BCUT2D eigenvalue weighted by atomic mass is 10.1. The number of nitrogens with zero attached hydrogens (tertiary/aromatic N) is 2. The number of halogens is 1. The molecule has 0 saturated carbocycles. The average molecular weight is 395 g/mol. The van der Waals surface area contributed by atoms with E-state index in [0.717, 1.165) is 16.0 Å². The molecule has 24 heavy (non-hydrogen) atoms. The molecular weight excluding hydrogens is 368 g/mol. The monoisotopic (exact) mass is 394 g/mol. The molecule has 2 aromatic heterocycles. The van der Waals surface area contributed by atoms with Crippen LogP contribution in [0.4, 0.5) is 0 Å². The van der Waals surface area contributed by atoms with Crippen molar-refractivity contribution in [1.29, 1.82) is 0 Å².